The summed E-state index contributed by atoms with van der Waals surface area (Å²) in [5.74, 6) is 0. The summed E-state index contributed by atoms with van der Waals surface area (Å²) < 4.78 is 6.08. The Kier molecular flexibility index (Phi) is 2.11. The molecule has 1 nitrogen and oxygen atoms in total. The van der Waals surface area contributed by atoms with Crippen molar-refractivity contribution in [3.8, 4) is 0 Å². The fourth-order valence-corrected chi connectivity index (χ4v) is 2.98. The summed E-state index contributed by atoms with van der Waals surface area (Å²) in [7, 11) is 0. The van der Waals surface area contributed by atoms with Crippen LogP contribution in [0, 0.1) is 5.41 Å². The van der Waals surface area contributed by atoms with Crippen molar-refractivity contribution in [1.29, 1.82) is 0 Å². The van der Waals surface area contributed by atoms with Crippen LogP contribution >= 0.6 is 0 Å². The number of hydrogen-bond donors (Lipinski definition) is 0. The maximum absolute atomic E-state index is 6.08. The third-order valence-electron chi connectivity index (χ3n) is 3.81. The summed E-state index contributed by atoms with van der Waals surface area (Å²) in [5.41, 5.74) is 1.72. The predicted molar refractivity (Wildman–Crippen MR) is 59.2 cm³/mol. The Balaban J connectivity index is 2.39. The Morgan fingerprint density at radius 3 is 2.57 bits per heavy atom. The summed E-state index contributed by atoms with van der Waals surface area (Å²) in [6.07, 6.45) is 9.30. The van der Waals surface area contributed by atoms with Gasteiger partial charge in [-0.25, -0.2) is 0 Å². The van der Waals surface area contributed by atoms with Crippen molar-refractivity contribution >= 4 is 0 Å². The zero-order valence-corrected chi connectivity index (χ0v) is 9.63. The molecule has 0 aromatic rings. The van der Waals surface area contributed by atoms with Crippen LogP contribution in [0.25, 0.3) is 0 Å². The number of fused-ring (bicyclic) bond motifs is 2. The van der Waals surface area contributed by atoms with E-state index in [4.69, 9.17) is 4.74 Å². The second-order valence-corrected chi connectivity index (χ2v) is 5.20. The molecule has 0 amide bonds. The van der Waals surface area contributed by atoms with E-state index in [0.717, 1.165) is 0 Å². The molecule has 0 saturated carbocycles. The highest BCUT2D eigenvalue weighted by atomic mass is 16.5. The Labute approximate surface area is 86.8 Å². The first-order valence-corrected chi connectivity index (χ1v) is 5.52. The average Bonchev–Trinajstić information content (AvgIpc) is 2.55. The maximum atomic E-state index is 6.08. The van der Waals surface area contributed by atoms with Crippen molar-refractivity contribution in [2.75, 3.05) is 0 Å². The average molecular weight is 192 g/mol. The molecular weight excluding hydrogens is 172 g/mol. The van der Waals surface area contributed by atoms with E-state index in [-0.39, 0.29) is 11.0 Å². The van der Waals surface area contributed by atoms with Crippen LogP contribution < -0.4 is 0 Å². The molecule has 0 aliphatic carbocycles. The van der Waals surface area contributed by atoms with Crippen molar-refractivity contribution in [1.82, 2.24) is 0 Å². The fraction of sp³-hybridized carbons (Fsp3) is 0.692. The SMILES string of the molecule is C/C=C/C=C1\C(C)(C)[C@H]2CC[C@]1(C)O2. The van der Waals surface area contributed by atoms with Gasteiger partial charge in [0.05, 0.1) is 11.7 Å². The molecule has 2 saturated heterocycles. The van der Waals surface area contributed by atoms with Gasteiger partial charge in [-0.2, -0.15) is 0 Å². The van der Waals surface area contributed by atoms with E-state index < -0.39 is 0 Å². The van der Waals surface area contributed by atoms with Crippen LogP contribution in [0.2, 0.25) is 0 Å². The van der Waals surface area contributed by atoms with E-state index in [9.17, 15) is 0 Å². The largest absolute Gasteiger partial charge is 0.367 e. The Bertz CT molecular complexity index is 292. The molecule has 0 N–H and O–H groups in total. The van der Waals surface area contributed by atoms with E-state index in [1.54, 1.807) is 0 Å². The summed E-state index contributed by atoms with van der Waals surface area (Å²) in [6, 6.07) is 0. The molecular formula is C13H20O. The fourth-order valence-electron chi connectivity index (χ4n) is 2.98. The Hall–Kier alpha value is -0.560. The maximum Gasteiger partial charge on any atom is 0.0877 e. The smallest absolute Gasteiger partial charge is 0.0877 e. The van der Waals surface area contributed by atoms with Crippen LogP contribution in [0.5, 0.6) is 0 Å². The van der Waals surface area contributed by atoms with E-state index >= 15 is 0 Å². The van der Waals surface area contributed by atoms with Crippen molar-refractivity contribution in [3.05, 3.63) is 23.8 Å². The minimum Gasteiger partial charge on any atom is -0.367 e. The van der Waals surface area contributed by atoms with Crippen molar-refractivity contribution in [3.63, 3.8) is 0 Å². The Morgan fingerprint density at radius 2 is 2.07 bits per heavy atom. The normalized spacial score (nSPS) is 42.9. The minimum absolute atomic E-state index is 0.0215. The van der Waals surface area contributed by atoms with Gasteiger partial charge in [0.2, 0.25) is 0 Å². The molecule has 0 aromatic heterocycles. The molecule has 0 radical (unpaired) electrons. The summed E-state index contributed by atoms with van der Waals surface area (Å²) in [6.45, 7) is 8.90. The van der Waals surface area contributed by atoms with Gasteiger partial charge >= 0.3 is 0 Å². The summed E-state index contributed by atoms with van der Waals surface area (Å²) >= 11 is 0. The van der Waals surface area contributed by atoms with Gasteiger partial charge in [0.15, 0.2) is 0 Å². The third-order valence-corrected chi connectivity index (χ3v) is 3.81. The van der Waals surface area contributed by atoms with E-state index in [1.807, 2.05) is 0 Å². The number of allylic oxidation sites excluding steroid dienone is 3. The number of hydrogen-bond acceptors (Lipinski definition) is 1. The lowest BCUT2D eigenvalue weighted by Crippen LogP contribution is -2.32. The monoisotopic (exact) mass is 192 g/mol. The van der Waals surface area contributed by atoms with Crippen LogP contribution in [0.15, 0.2) is 23.8 Å². The van der Waals surface area contributed by atoms with Gasteiger partial charge in [0.1, 0.15) is 0 Å². The molecule has 14 heavy (non-hydrogen) atoms. The molecule has 0 spiro atoms. The minimum atomic E-state index is 0.0215. The molecule has 2 atom stereocenters. The molecule has 0 unspecified atom stereocenters. The van der Waals surface area contributed by atoms with Gasteiger partial charge in [0.25, 0.3) is 0 Å². The molecule has 1 heteroatoms. The molecule has 2 aliphatic heterocycles. The van der Waals surface area contributed by atoms with Gasteiger partial charge in [-0.3, -0.25) is 0 Å². The lowest BCUT2D eigenvalue weighted by Gasteiger charge is -2.32. The van der Waals surface area contributed by atoms with Crippen LogP contribution in [0.3, 0.4) is 0 Å². The highest BCUT2D eigenvalue weighted by Crippen LogP contribution is 2.57. The third kappa shape index (κ3) is 1.18. The van der Waals surface area contributed by atoms with Gasteiger partial charge in [0, 0.05) is 5.41 Å². The second kappa shape index (κ2) is 2.96. The second-order valence-electron chi connectivity index (χ2n) is 5.20. The number of rotatable bonds is 1. The zero-order chi connectivity index (χ0) is 10.4. The highest BCUT2D eigenvalue weighted by molar-refractivity contribution is 5.35. The molecule has 78 valence electrons. The van der Waals surface area contributed by atoms with Gasteiger partial charge < -0.3 is 4.74 Å². The first-order valence-electron chi connectivity index (χ1n) is 5.52. The van der Waals surface area contributed by atoms with Crippen LogP contribution in [-0.2, 0) is 4.74 Å². The Morgan fingerprint density at radius 1 is 1.36 bits per heavy atom. The summed E-state index contributed by atoms with van der Waals surface area (Å²) in [5, 5.41) is 0. The molecule has 2 aliphatic rings. The van der Waals surface area contributed by atoms with Gasteiger partial charge in [-0.15, -0.1) is 0 Å². The molecule has 0 aromatic carbocycles. The molecule has 2 fully saturated rings. The van der Waals surface area contributed by atoms with Crippen LogP contribution in [0.4, 0.5) is 0 Å². The quantitative estimate of drug-likeness (QED) is 0.618. The van der Waals surface area contributed by atoms with E-state index in [0.29, 0.717) is 6.10 Å². The molecule has 2 bridgehead atoms. The predicted octanol–water partition coefficient (Wildman–Crippen LogP) is 3.47. The topological polar surface area (TPSA) is 9.23 Å². The van der Waals surface area contributed by atoms with E-state index in [1.165, 1.54) is 18.4 Å². The lowest BCUT2D eigenvalue weighted by atomic mass is 9.68. The van der Waals surface area contributed by atoms with Crippen molar-refractivity contribution in [2.24, 2.45) is 5.41 Å². The lowest BCUT2D eigenvalue weighted by molar-refractivity contribution is 0.0232. The number of ether oxygens (including phenoxy) is 1. The van der Waals surface area contributed by atoms with Crippen LogP contribution in [-0.4, -0.2) is 11.7 Å². The first-order chi connectivity index (χ1) is 6.50. The van der Waals surface area contributed by atoms with Gasteiger partial charge in [-0.1, -0.05) is 32.1 Å². The van der Waals surface area contributed by atoms with Gasteiger partial charge in [-0.05, 0) is 32.3 Å². The van der Waals surface area contributed by atoms with Crippen molar-refractivity contribution in [2.45, 2.75) is 52.2 Å². The molecule has 2 heterocycles. The summed E-state index contributed by atoms with van der Waals surface area (Å²) in [4.78, 5) is 0. The zero-order valence-electron chi connectivity index (χ0n) is 9.63. The van der Waals surface area contributed by atoms with Crippen LogP contribution in [0.1, 0.15) is 40.5 Å². The first kappa shape index (κ1) is 9.97. The van der Waals surface area contributed by atoms with Crippen molar-refractivity contribution < 1.29 is 4.74 Å². The molecule has 2 rings (SSSR count). The standard InChI is InChI=1S/C13H20O/c1-5-6-7-10-12(2,3)11-8-9-13(10,4)14-11/h5-7,11H,8-9H2,1-4H3/b6-5+,10-7+/t11-,13+/m1/s1. The van der Waals surface area contributed by atoms with E-state index in [2.05, 4.69) is 45.9 Å². The highest BCUT2D eigenvalue weighted by Gasteiger charge is 2.56.